The Morgan fingerprint density at radius 2 is 2.17 bits per heavy atom. The fourth-order valence-electron chi connectivity index (χ4n) is 2.02. The second-order valence-corrected chi connectivity index (χ2v) is 4.93. The van der Waals surface area contributed by atoms with Crippen molar-refractivity contribution in [3.8, 4) is 5.75 Å². The fraction of sp³-hybridized carbons (Fsp3) is 0.188. The SMILES string of the molecule is O=c1cc(CO)occ1OCc1nc(Cc2cccc(F)c2)no1. The molecule has 0 aliphatic rings. The fourth-order valence-corrected chi connectivity index (χ4v) is 2.02. The van der Waals surface area contributed by atoms with Crippen LogP contribution >= 0.6 is 0 Å². The predicted molar refractivity (Wildman–Crippen MR) is 78.7 cm³/mol. The second kappa shape index (κ2) is 7.05. The van der Waals surface area contributed by atoms with Crippen molar-refractivity contribution in [3.05, 3.63) is 75.7 Å². The summed E-state index contributed by atoms with van der Waals surface area (Å²) in [6, 6.07) is 7.24. The molecule has 3 rings (SSSR count). The molecule has 8 heteroatoms. The van der Waals surface area contributed by atoms with Gasteiger partial charge >= 0.3 is 0 Å². The number of hydrogen-bond acceptors (Lipinski definition) is 7. The molecule has 0 aliphatic heterocycles. The van der Waals surface area contributed by atoms with E-state index in [1.54, 1.807) is 12.1 Å². The van der Waals surface area contributed by atoms with E-state index in [4.69, 9.17) is 18.8 Å². The van der Waals surface area contributed by atoms with Crippen LogP contribution in [0.1, 0.15) is 23.0 Å². The Hall–Kier alpha value is -3.00. The monoisotopic (exact) mass is 332 g/mol. The average molecular weight is 332 g/mol. The first kappa shape index (κ1) is 15.9. The molecule has 0 atom stereocenters. The highest BCUT2D eigenvalue weighted by Gasteiger charge is 2.10. The Balaban J connectivity index is 1.63. The lowest BCUT2D eigenvalue weighted by Gasteiger charge is -2.01. The summed E-state index contributed by atoms with van der Waals surface area (Å²) in [5.74, 6) is 0.325. The van der Waals surface area contributed by atoms with Gasteiger partial charge in [-0.05, 0) is 17.7 Å². The Labute approximate surface area is 135 Å². The van der Waals surface area contributed by atoms with Crippen molar-refractivity contribution in [1.29, 1.82) is 0 Å². The van der Waals surface area contributed by atoms with Gasteiger partial charge in [0.1, 0.15) is 24.4 Å². The topological polar surface area (TPSA) is 98.6 Å². The lowest BCUT2D eigenvalue weighted by atomic mass is 10.1. The zero-order valence-corrected chi connectivity index (χ0v) is 12.4. The molecule has 3 aromatic rings. The zero-order valence-electron chi connectivity index (χ0n) is 12.4. The van der Waals surface area contributed by atoms with Gasteiger partial charge in [0.25, 0.3) is 5.89 Å². The van der Waals surface area contributed by atoms with Gasteiger partial charge in [-0.3, -0.25) is 4.79 Å². The van der Waals surface area contributed by atoms with E-state index in [2.05, 4.69) is 10.1 Å². The number of rotatable bonds is 6. The van der Waals surface area contributed by atoms with Crippen LogP contribution in [0, 0.1) is 5.82 Å². The number of aromatic nitrogens is 2. The van der Waals surface area contributed by atoms with Crippen LogP contribution in [-0.4, -0.2) is 15.2 Å². The molecule has 0 spiro atoms. The van der Waals surface area contributed by atoms with Crippen LogP contribution in [0.4, 0.5) is 4.39 Å². The van der Waals surface area contributed by atoms with Gasteiger partial charge in [0.05, 0.1) is 0 Å². The lowest BCUT2D eigenvalue weighted by Crippen LogP contribution is -2.08. The third kappa shape index (κ3) is 3.85. The van der Waals surface area contributed by atoms with Crippen molar-refractivity contribution in [2.45, 2.75) is 19.6 Å². The Bertz CT molecular complexity index is 890. The van der Waals surface area contributed by atoms with Crippen LogP contribution in [0.25, 0.3) is 0 Å². The number of benzene rings is 1. The van der Waals surface area contributed by atoms with Crippen molar-refractivity contribution in [2.24, 2.45) is 0 Å². The van der Waals surface area contributed by atoms with Crippen LogP contribution in [0.15, 0.2) is 50.3 Å². The summed E-state index contributed by atoms with van der Waals surface area (Å²) in [7, 11) is 0. The predicted octanol–water partition coefficient (Wildman–Crippen LogP) is 1.82. The van der Waals surface area contributed by atoms with Crippen molar-refractivity contribution in [2.75, 3.05) is 0 Å². The van der Waals surface area contributed by atoms with E-state index in [1.165, 1.54) is 12.1 Å². The van der Waals surface area contributed by atoms with Crippen LogP contribution < -0.4 is 10.2 Å². The smallest absolute Gasteiger partial charge is 0.264 e. The van der Waals surface area contributed by atoms with Crippen molar-refractivity contribution < 1.29 is 23.2 Å². The Kier molecular flexibility index (Phi) is 4.66. The first-order valence-electron chi connectivity index (χ1n) is 7.05. The van der Waals surface area contributed by atoms with Gasteiger partial charge in [-0.15, -0.1) is 0 Å². The normalized spacial score (nSPS) is 10.8. The highest BCUT2D eigenvalue weighted by molar-refractivity contribution is 5.20. The van der Waals surface area contributed by atoms with E-state index in [1.807, 2.05) is 0 Å². The summed E-state index contributed by atoms with van der Waals surface area (Å²) in [5, 5.41) is 12.7. The molecular formula is C16H13FN2O5. The zero-order chi connectivity index (χ0) is 16.9. The lowest BCUT2D eigenvalue weighted by molar-refractivity contribution is 0.222. The molecule has 0 amide bonds. The molecule has 0 aliphatic carbocycles. The molecule has 0 radical (unpaired) electrons. The molecule has 0 fully saturated rings. The number of ether oxygens (including phenoxy) is 1. The summed E-state index contributed by atoms with van der Waals surface area (Å²) in [5.41, 5.74) is 0.285. The van der Waals surface area contributed by atoms with E-state index in [-0.39, 0.29) is 36.4 Å². The summed E-state index contributed by atoms with van der Waals surface area (Å²) < 4.78 is 28.4. The maximum Gasteiger partial charge on any atom is 0.264 e. The van der Waals surface area contributed by atoms with Gasteiger partial charge < -0.3 is 18.8 Å². The van der Waals surface area contributed by atoms with Crippen LogP contribution in [0.5, 0.6) is 5.75 Å². The molecule has 0 saturated carbocycles. The van der Waals surface area contributed by atoms with Gasteiger partial charge in [-0.1, -0.05) is 17.3 Å². The molecule has 0 saturated heterocycles. The third-order valence-corrected chi connectivity index (χ3v) is 3.12. The molecule has 124 valence electrons. The molecule has 1 N–H and O–H groups in total. The van der Waals surface area contributed by atoms with E-state index < -0.39 is 5.43 Å². The second-order valence-electron chi connectivity index (χ2n) is 4.93. The summed E-state index contributed by atoms with van der Waals surface area (Å²) in [6.45, 7) is -0.484. The summed E-state index contributed by atoms with van der Waals surface area (Å²) in [6.07, 6.45) is 1.42. The van der Waals surface area contributed by atoms with E-state index in [0.717, 1.165) is 12.3 Å². The van der Waals surface area contributed by atoms with Gasteiger partial charge in [0.15, 0.2) is 12.4 Å². The molecule has 24 heavy (non-hydrogen) atoms. The molecule has 1 aromatic carbocycles. The Morgan fingerprint density at radius 1 is 1.29 bits per heavy atom. The number of nitrogens with zero attached hydrogens (tertiary/aromatic N) is 2. The van der Waals surface area contributed by atoms with Gasteiger partial charge in [-0.2, -0.15) is 4.98 Å². The van der Waals surface area contributed by atoms with Crippen LogP contribution in [-0.2, 0) is 19.6 Å². The van der Waals surface area contributed by atoms with Crippen molar-refractivity contribution in [1.82, 2.24) is 10.1 Å². The van der Waals surface area contributed by atoms with E-state index in [0.29, 0.717) is 17.8 Å². The van der Waals surface area contributed by atoms with Crippen LogP contribution in [0.3, 0.4) is 0 Å². The molecular weight excluding hydrogens is 319 g/mol. The first-order chi connectivity index (χ1) is 11.6. The molecule has 0 unspecified atom stereocenters. The molecule has 2 heterocycles. The van der Waals surface area contributed by atoms with Gasteiger partial charge in [0, 0.05) is 12.5 Å². The van der Waals surface area contributed by atoms with Gasteiger partial charge in [0.2, 0.25) is 11.2 Å². The van der Waals surface area contributed by atoms with E-state index in [9.17, 15) is 9.18 Å². The number of aliphatic hydroxyl groups excluding tert-OH is 1. The summed E-state index contributed by atoms with van der Waals surface area (Å²) >= 11 is 0. The first-order valence-corrected chi connectivity index (χ1v) is 7.05. The number of halogens is 1. The third-order valence-electron chi connectivity index (χ3n) is 3.12. The highest BCUT2D eigenvalue weighted by atomic mass is 19.1. The largest absolute Gasteiger partial charge is 0.477 e. The van der Waals surface area contributed by atoms with Crippen LogP contribution in [0.2, 0.25) is 0 Å². The minimum atomic E-state index is -0.426. The van der Waals surface area contributed by atoms with E-state index >= 15 is 0 Å². The molecule has 2 aromatic heterocycles. The average Bonchev–Trinajstić information content (AvgIpc) is 3.01. The minimum absolute atomic E-state index is 0.0305. The molecule has 0 bridgehead atoms. The number of hydrogen-bond donors (Lipinski definition) is 1. The number of aliphatic hydroxyl groups is 1. The van der Waals surface area contributed by atoms with Gasteiger partial charge in [-0.25, -0.2) is 4.39 Å². The van der Waals surface area contributed by atoms with Crippen molar-refractivity contribution in [3.63, 3.8) is 0 Å². The molecule has 7 nitrogen and oxygen atoms in total. The maximum absolute atomic E-state index is 13.1. The highest BCUT2D eigenvalue weighted by Crippen LogP contribution is 2.11. The quantitative estimate of drug-likeness (QED) is 0.735. The minimum Gasteiger partial charge on any atom is -0.477 e. The maximum atomic E-state index is 13.1. The van der Waals surface area contributed by atoms with Crippen molar-refractivity contribution >= 4 is 0 Å². The Morgan fingerprint density at radius 3 is 2.92 bits per heavy atom. The summed E-state index contributed by atoms with van der Waals surface area (Å²) in [4.78, 5) is 15.8. The standard InChI is InChI=1S/C16H13FN2O5/c17-11-3-1-2-10(4-11)5-15-18-16(24-19-15)9-23-14-8-22-12(7-20)6-13(14)21/h1-4,6,8,20H,5,7,9H2.